The van der Waals surface area contributed by atoms with Gasteiger partial charge in [0.25, 0.3) is 0 Å². The number of aryl methyl sites for hydroxylation is 1. The zero-order chi connectivity index (χ0) is 15.9. The summed E-state index contributed by atoms with van der Waals surface area (Å²) < 4.78 is 5.27. The van der Waals surface area contributed by atoms with E-state index in [1.807, 2.05) is 0 Å². The van der Waals surface area contributed by atoms with E-state index in [2.05, 4.69) is 36.1 Å². The van der Waals surface area contributed by atoms with Crippen LogP contribution in [0.5, 0.6) is 0 Å². The van der Waals surface area contributed by atoms with Crippen molar-refractivity contribution in [2.45, 2.75) is 51.2 Å². The number of benzene rings is 1. The predicted molar refractivity (Wildman–Crippen MR) is 88.7 cm³/mol. The quantitative estimate of drug-likeness (QED) is 0.840. The van der Waals surface area contributed by atoms with Crippen molar-refractivity contribution in [3.8, 4) is 0 Å². The largest absolute Gasteiger partial charge is 0.380 e. The van der Waals surface area contributed by atoms with Crippen LogP contribution in [0.15, 0.2) is 24.3 Å². The first-order valence-electron chi connectivity index (χ1n) is 8.28. The van der Waals surface area contributed by atoms with Crippen molar-refractivity contribution in [3.05, 3.63) is 35.4 Å². The molecule has 0 fully saturated rings. The molecule has 0 saturated heterocycles. The molecule has 0 aromatic heterocycles. The Hall–Kier alpha value is -1.39. The van der Waals surface area contributed by atoms with Crippen LogP contribution in [-0.4, -0.2) is 43.2 Å². The van der Waals surface area contributed by atoms with Gasteiger partial charge in [0.1, 0.15) is 0 Å². The van der Waals surface area contributed by atoms with Gasteiger partial charge in [-0.3, -0.25) is 4.79 Å². The smallest absolute Gasteiger partial charge is 0.225 e. The van der Waals surface area contributed by atoms with Crippen molar-refractivity contribution in [3.63, 3.8) is 0 Å². The Morgan fingerprint density at radius 1 is 1.41 bits per heavy atom. The zero-order valence-corrected chi connectivity index (χ0v) is 13.8. The molecule has 0 spiro atoms. The summed E-state index contributed by atoms with van der Waals surface area (Å²) in [5.41, 5.74) is 8.47. The summed E-state index contributed by atoms with van der Waals surface area (Å²) in [6.07, 6.45) is 4.24. The first-order valence-corrected chi connectivity index (χ1v) is 8.28. The minimum atomic E-state index is -0.178. The topological polar surface area (TPSA) is 55.6 Å². The second-order valence-electron chi connectivity index (χ2n) is 6.05. The van der Waals surface area contributed by atoms with Gasteiger partial charge in [-0.15, -0.1) is 0 Å². The molecule has 2 unspecified atom stereocenters. The molecular weight excluding hydrogens is 276 g/mol. The van der Waals surface area contributed by atoms with Gasteiger partial charge in [0.15, 0.2) is 0 Å². The number of fused-ring (bicyclic) bond motifs is 1. The molecule has 22 heavy (non-hydrogen) atoms. The Balaban J connectivity index is 2.07. The summed E-state index contributed by atoms with van der Waals surface area (Å²) in [5.74, 6) is 0.170. The van der Waals surface area contributed by atoms with Gasteiger partial charge in [0.2, 0.25) is 5.91 Å². The first kappa shape index (κ1) is 17.0. The summed E-state index contributed by atoms with van der Waals surface area (Å²) in [5, 5.41) is 0. The molecular formula is C18H28N2O2. The van der Waals surface area contributed by atoms with Crippen LogP contribution in [0.1, 0.15) is 37.3 Å². The molecule has 0 heterocycles. The van der Waals surface area contributed by atoms with Crippen molar-refractivity contribution >= 4 is 5.91 Å². The number of amides is 1. The lowest BCUT2D eigenvalue weighted by atomic mass is 9.87. The number of rotatable bonds is 7. The van der Waals surface area contributed by atoms with Gasteiger partial charge < -0.3 is 15.4 Å². The van der Waals surface area contributed by atoms with E-state index in [9.17, 15) is 4.79 Å². The molecule has 0 bridgehead atoms. The third kappa shape index (κ3) is 4.08. The molecule has 4 heteroatoms. The van der Waals surface area contributed by atoms with Gasteiger partial charge in [-0.2, -0.15) is 0 Å². The highest BCUT2D eigenvalue weighted by molar-refractivity contribution is 5.77. The minimum Gasteiger partial charge on any atom is -0.380 e. The Bertz CT molecular complexity index is 486. The molecule has 1 aromatic carbocycles. The molecule has 1 amide bonds. The molecule has 1 aliphatic carbocycles. The second-order valence-corrected chi connectivity index (χ2v) is 6.05. The number of hydrogen-bond donors (Lipinski definition) is 1. The standard InChI is InChI=1S/C18H28N2O2/c1-3-10-20(18(21)12-17(13-19)22-2)16-9-8-14-6-4-5-7-15(14)11-16/h4-7,16-17H,3,8-13,19H2,1-2H3. The maximum Gasteiger partial charge on any atom is 0.225 e. The molecule has 2 N–H and O–H groups in total. The van der Waals surface area contributed by atoms with E-state index < -0.39 is 0 Å². The fourth-order valence-corrected chi connectivity index (χ4v) is 3.27. The van der Waals surface area contributed by atoms with Crippen LogP contribution in [0, 0.1) is 0 Å². The van der Waals surface area contributed by atoms with Crippen molar-refractivity contribution in [2.24, 2.45) is 5.73 Å². The SMILES string of the molecule is CCCN(C(=O)CC(CN)OC)C1CCc2ccccc2C1. The lowest BCUT2D eigenvalue weighted by Gasteiger charge is -2.36. The van der Waals surface area contributed by atoms with E-state index in [4.69, 9.17) is 10.5 Å². The van der Waals surface area contributed by atoms with Crippen LogP contribution in [0.25, 0.3) is 0 Å². The number of nitrogens with two attached hydrogens (primary N) is 1. The van der Waals surface area contributed by atoms with Crippen molar-refractivity contribution in [1.82, 2.24) is 4.90 Å². The average molecular weight is 304 g/mol. The third-order valence-corrected chi connectivity index (χ3v) is 4.54. The maximum absolute atomic E-state index is 12.7. The van der Waals surface area contributed by atoms with Crippen LogP contribution in [0.3, 0.4) is 0 Å². The summed E-state index contributed by atoms with van der Waals surface area (Å²) in [7, 11) is 1.62. The summed E-state index contributed by atoms with van der Waals surface area (Å²) >= 11 is 0. The molecule has 122 valence electrons. The van der Waals surface area contributed by atoms with E-state index in [-0.39, 0.29) is 12.0 Å². The minimum absolute atomic E-state index is 0.170. The van der Waals surface area contributed by atoms with Gasteiger partial charge in [0.05, 0.1) is 12.5 Å². The number of nitrogens with zero attached hydrogens (tertiary/aromatic N) is 1. The van der Waals surface area contributed by atoms with Crippen LogP contribution >= 0.6 is 0 Å². The normalized spacial score (nSPS) is 18.6. The van der Waals surface area contributed by atoms with Crippen LogP contribution in [0.2, 0.25) is 0 Å². The molecule has 1 aromatic rings. The summed E-state index contributed by atoms with van der Waals surface area (Å²) in [4.78, 5) is 14.7. The predicted octanol–water partition coefficient (Wildman–Crippen LogP) is 2.15. The highest BCUT2D eigenvalue weighted by Crippen LogP contribution is 2.25. The molecule has 0 saturated carbocycles. The lowest BCUT2D eigenvalue weighted by molar-refractivity contribution is -0.136. The van der Waals surface area contributed by atoms with Crippen LogP contribution in [0.4, 0.5) is 0 Å². The fourth-order valence-electron chi connectivity index (χ4n) is 3.27. The van der Waals surface area contributed by atoms with E-state index in [1.165, 1.54) is 11.1 Å². The molecule has 1 aliphatic rings. The fraction of sp³-hybridized carbons (Fsp3) is 0.611. The molecule has 4 nitrogen and oxygen atoms in total. The molecule has 0 aliphatic heterocycles. The van der Waals surface area contributed by atoms with Crippen molar-refractivity contribution < 1.29 is 9.53 Å². The Morgan fingerprint density at radius 3 is 2.77 bits per heavy atom. The highest BCUT2D eigenvalue weighted by Gasteiger charge is 2.28. The molecule has 2 rings (SSSR count). The summed E-state index contributed by atoms with van der Waals surface area (Å²) in [6.45, 7) is 3.32. The van der Waals surface area contributed by atoms with E-state index in [1.54, 1.807) is 7.11 Å². The van der Waals surface area contributed by atoms with Gasteiger partial charge in [-0.05, 0) is 36.8 Å². The maximum atomic E-state index is 12.7. The van der Waals surface area contributed by atoms with Gasteiger partial charge in [0, 0.05) is 26.2 Å². The Kier molecular flexibility index (Phi) is 6.40. The Morgan fingerprint density at radius 2 is 2.14 bits per heavy atom. The van der Waals surface area contributed by atoms with Gasteiger partial charge >= 0.3 is 0 Å². The van der Waals surface area contributed by atoms with E-state index in [0.717, 1.165) is 32.2 Å². The van der Waals surface area contributed by atoms with Gasteiger partial charge in [-0.1, -0.05) is 31.2 Å². The lowest BCUT2D eigenvalue weighted by Crippen LogP contribution is -2.45. The number of ether oxygens (including phenoxy) is 1. The van der Waals surface area contributed by atoms with Gasteiger partial charge in [-0.25, -0.2) is 0 Å². The number of carbonyl (C=O) groups is 1. The van der Waals surface area contributed by atoms with Crippen LogP contribution < -0.4 is 5.73 Å². The zero-order valence-electron chi connectivity index (χ0n) is 13.8. The summed E-state index contributed by atoms with van der Waals surface area (Å²) in [6, 6.07) is 8.87. The highest BCUT2D eigenvalue weighted by atomic mass is 16.5. The first-order chi connectivity index (χ1) is 10.7. The van der Waals surface area contributed by atoms with Crippen LogP contribution in [-0.2, 0) is 22.4 Å². The third-order valence-electron chi connectivity index (χ3n) is 4.54. The Labute approximate surface area is 133 Å². The van der Waals surface area contributed by atoms with E-state index in [0.29, 0.717) is 19.0 Å². The molecule has 0 radical (unpaired) electrons. The number of carbonyl (C=O) groups excluding carboxylic acids is 1. The average Bonchev–Trinajstić information content (AvgIpc) is 2.56. The monoisotopic (exact) mass is 304 g/mol. The molecule has 2 atom stereocenters. The van der Waals surface area contributed by atoms with Crippen molar-refractivity contribution in [2.75, 3.05) is 20.2 Å². The number of hydrogen-bond acceptors (Lipinski definition) is 3. The number of methoxy groups -OCH3 is 1. The van der Waals surface area contributed by atoms with E-state index >= 15 is 0 Å². The second kappa shape index (κ2) is 8.30. The van der Waals surface area contributed by atoms with Crippen molar-refractivity contribution in [1.29, 1.82) is 0 Å².